The van der Waals surface area contributed by atoms with Crippen molar-refractivity contribution in [1.29, 1.82) is 0 Å². The number of ether oxygens (including phenoxy) is 1. The molecule has 5 heteroatoms. The van der Waals surface area contributed by atoms with Gasteiger partial charge in [-0.3, -0.25) is 4.79 Å². The van der Waals surface area contributed by atoms with Gasteiger partial charge in [0.25, 0.3) is 0 Å². The molecule has 0 bridgehead atoms. The number of methoxy groups -OCH3 is 1. The molecule has 0 fully saturated rings. The van der Waals surface area contributed by atoms with Crippen LogP contribution in [0, 0.1) is 11.8 Å². The van der Waals surface area contributed by atoms with E-state index in [4.69, 9.17) is 4.74 Å². The van der Waals surface area contributed by atoms with Gasteiger partial charge in [0, 0.05) is 35.5 Å². The van der Waals surface area contributed by atoms with E-state index in [9.17, 15) is 9.90 Å². The summed E-state index contributed by atoms with van der Waals surface area (Å²) in [4.78, 5) is 16.4. The number of aromatic amines is 1. The molecular weight excluding hydrogens is 472 g/mol. The van der Waals surface area contributed by atoms with Gasteiger partial charge in [-0.25, -0.2) is 0 Å². The van der Waals surface area contributed by atoms with E-state index in [2.05, 4.69) is 68.4 Å². The minimum atomic E-state index is -0.776. The number of para-hydroxylation sites is 1. The van der Waals surface area contributed by atoms with Crippen molar-refractivity contribution in [2.24, 2.45) is 11.8 Å². The van der Waals surface area contributed by atoms with E-state index in [1.807, 2.05) is 25.3 Å². The number of H-pyrrole nitrogens is 1. The lowest BCUT2D eigenvalue weighted by Crippen LogP contribution is -2.44. The number of nitrogens with one attached hydrogen (secondary N) is 2. The number of carbonyl (C=O) groups is 1. The molecule has 1 aromatic heterocycles. The molecule has 1 aliphatic carbocycles. The van der Waals surface area contributed by atoms with E-state index in [-0.39, 0.29) is 23.4 Å². The topological polar surface area (TPSA) is 74.3 Å². The number of rotatable bonds is 13. The van der Waals surface area contributed by atoms with Gasteiger partial charge in [-0.05, 0) is 77.8 Å². The molecule has 1 aromatic carbocycles. The molecule has 206 valence electrons. The molecule has 3 atom stereocenters. The Bertz CT molecular complexity index is 1210. The molecule has 2 aromatic rings. The maximum Gasteiger partial charge on any atom is 0.202 e. The molecule has 0 spiro atoms. The van der Waals surface area contributed by atoms with Crippen LogP contribution in [-0.4, -0.2) is 35.6 Å². The van der Waals surface area contributed by atoms with Crippen LogP contribution < -0.4 is 5.32 Å². The van der Waals surface area contributed by atoms with E-state index in [0.717, 1.165) is 37.6 Å². The second kappa shape index (κ2) is 14.2. The first-order chi connectivity index (χ1) is 18.2. The quantitative estimate of drug-likeness (QED) is 0.246. The SMILES string of the molecule is COC1=C(NCCc2c[nH]c3ccccc23)[C@@H](O)[C@@H](C/C=C(\C)CC/C=C(\C)CCC=C(C)C)[C@H](C)C1=O. The third kappa shape index (κ3) is 7.73. The summed E-state index contributed by atoms with van der Waals surface area (Å²) in [5.41, 5.74) is 6.92. The predicted octanol–water partition coefficient (Wildman–Crippen LogP) is 7.16. The highest BCUT2D eigenvalue weighted by Gasteiger charge is 2.41. The molecule has 1 aliphatic rings. The lowest BCUT2D eigenvalue weighted by atomic mass is 9.76. The Morgan fingerprint density at radius 3 is 2.45 bits per heavy atom. The van der Waals surface area contributed by atoms with Crippen LogP contribution in [0.25, 0.3) is 10.9 Å². The number of aliphatic hydroxyl groups is 1. The van der Waals surface area contributed by atoms with Gasteiger partial charge in [0.15, 0.2) is 5.76 Å². The van der Waals surface area contributed by atoms with E-state index in [1.54, 1.807) is 0 Å². The Balaban J connectivity index is 1.60. The first-order valence-electron chi connectivity index (χ1n) is 14.0. The van der Waals surface area contributed by atoms with Crippen LogP contribution in [0.2, 0.25) is 0 Å². The molecule has 0 radical (unpaired) electrons. The van der Waals surface area contributed by atoms with Crippen LogP contribution in [0.5, 0.6) is 0 Å². The number of benzene rings is 1. The molecule has 0 saturated carbocycles. The molecular formula is C33H46N2O3. The van der Waals surface area contributed by atoms with Crippen LogP contribution in [0.1, 0.15) is 72.3 Å². The summed E-state index contributed by atoms with van der Waals surface area (Å²) in [5.74, 6) is -0.276. The minimum absolute atomic E-state index is 0.0432. The van der Waals surface area contributed by atoms with Gasteiger partial charge in [-0.15, -0.1) is 0 Å². The average Bonchev–Trinajstić information content (AvgIpc) is 3.30. The van der Waals surface area contributed by atoms with Crippen molar-refractivity contribution in [3.63, 3.8) is 0 Å². The van der Waals surface area contributed by atoms with Crippen molar-refractivity contribution in [3.8, 4) is 0 Å². The van der Waals surface area contributed by atoms with Crippen LogP contribution in [0.4, 0.5) is 0 Å². The van der Waals surface area contributed by atoms with E-state index < -0.39 is 6.10 Å². The molecule has 0 unspecified atom stereocenters. The Kier molecular flexibility index (Phi) is 11.0. The lowest BCUT2D eigenvalue weighted by Gasteiger charge is -2.35. The van der Waals surface area contributed by atoms with Crippen LogP contribution in [0.15, 0.2) is 76.9 Å². The fourth-order valence-corrected chi connectivity index (χ4v) is 5.23. The average molecular weight is 519 g/mol. The summed E-state index contributed by atoms with van der Waals surface area (Å²) in [6, 6.07) is 8.22. The van der Waals surface area contributed by atoms with Crippen molar-refractivity contribution in [3.05, 3.63) is 82.4 Å². The first kappa shape index (κ1) is 29.5. The highest BCUT2D eigenvalue weighted by Crippen LogP contribution is 2.34. The third-order valence-electron chi connectivity index (χ3n) is 7.68. The Morgan fingerprint density at radius 2 is 1.74 bits per heavy atom. The number of aromatic nitrogens is 1. The fraction of sp³-hybridized carbons (Fsp3) is 0.485. The van der Waals surface area contributed by atoms with Crippen molar-refractivity contribution in [2.75, 3.05) is 13.7 Å². The highest BCUT2D eigenvalue weighted by atomic mass is 16.5. The van der Waals surface area contributed by atoms with Crippen molar-refractivity contribution in [1.82, 2.24) is 10.3 Å². The number of carbonyl (C=O) groups excluding carboxylic acids is 1. The Hall–Kier alpha value is -3.05. The summed E-state index contributed by atoms with van der Waals surface area (Å²) in [5, 5.41) is 15.9. The monoisotopic (exact) mass is 518 g/mol. The fourth-order valence-electron chi connectivity index (χ4n) is 5.23. The molecule has 3 N–H and O–H groups in total. The summed E-state index contributed by atoms with van der Waals surface area (Å²) >= 11 is 0. The van der Waals surface area contributed by atoms with Gasteiger partial charge in [-0.2, -0.15) is 0 Å². The summed E-state index contributed by atoms with van der Waals surface area (Å²) in [6.07, 6.45) is 13.7. The lowest BCUT2D eigenvalue weighted by molar-refractivity contribution is -0.126. The van der Waals surface area contributed by atoms with Crippen molar-refractivity contribution in [2.45, 2.75) is 79.2 Å². The summed E-state index contributed by atoms with van der Waals surface area (Å²) < 4.78 is 5.48. The predicted molar refractivity (Wildman–Crippen MR) is 158 cm³/mol. The molecule has 1 heterocycles. The van der Waals surface area contributed by atoms with Gasteiger partial charge in [0.2, 0.25) is 5.78 Å². The smallest absolute Gasteiger partial charge is 0.202 e. The zero-order valence-electron chi connectivity index (χ0n) is 24.1. The molecule has 38 heavy (non-hydrogen) atoms. The van der Waals surface area contributed by atoms with Gasteiger partial charge in [-0.1, -0.05) is 60.1 Å². The molecule has 0 aliphatic heterocycles. The van der Waals surface area contributed by atoms with E-state index in [1.165, 1.54) is 34.8 Å². The zero-order chi connectivity index (χ0) is 27.7. The van der Waals surface area contributed by atoms with Crippen molar-refractivity contribution < 1.29 is 14.6 Å². The van der Waals surface area contributed by atoms with Gasteiger partial charge >= 0.3 is 0 Å². The number of allylic oxidation sites excluding steroid dienone is 7. The zero-order valence-corrected chi connectivity index (χ0v) is 24.1. The van der Waals surface area contributed by atoms with Crippen LogP contribution >= 0.6 is 0 Å². The number of Topliss-reactive ketones (excluding diaryl/α,β-unsaturated/α-hetero) is 1. The minimum Gasteiger partial charge on any atom is -0.491 e. The van der Waals surface area contributed by atoms with Crippen LogP contribution in [0.3, 0.4) is 0 Å². The summed E-state index contributed by atoms with van der Waals surface area (Å²) in [7, 11) is 1.51. The molecule has 0 amide bonds. The Labute approximate surface area is 228 Å². The third-order valence-corrected chi connectivity index (χ3v) is 7.68. The molecule has 5 nitrogen and oxygen atoms in total. The van der Waals surface area contributed by atoms with Gasteiger partial charge in [0.05, 0.1) is 12.8 Å². The highest BCUT2D eigenvalue weighted by molar-refractivity contribution is 5.97. The van der Waals surface area contributed by atoms with Gasteiger partial charge in [0.1, 0.15) is 6.10 Å². The standard InChI is InChI=1S/C33H46N2O3/c1-22(2)11-9-12-23(3)13-10-14-24(4)17-18-27-25(5)31(36)33(38-6)30(32(27)37)34-20-19-26-21-35-29-16-8-7-15-28(26)29/h7-8,11,13,15-17,21,25,27,32,34-35,37H,9-10,12,14,18-20H2,1-6H3/b23-13+,24-17+/t25-,27-,32-/m0/s1. The summed E-state index contributed by atoms with van der Waals surface area (Å²) in [6.45, 7) is 11.1. The molecule has 3 rings (SSSR count). The maximum absolute atomic E-state index is 13.1. The largest absolute Gasteiger partial charge is 0.491 e. The molecule has 0 saturated heterocycles. The normalized spacial score (nSPS) is 20.7. The Morgan fingerprint density at radius 1 is 1.05 bits per heavy atom. The first-order valence-corrected chi connectivity index (χ1v) is 14.0. The van der Waals surface area contributed by atoms with Crippen LogP contribution in [-0.2, 0) is 16.0 Å². The second-order valence-corrected chi connectivity index (χ2v) is 10.9. The van der Waals surface area contributed by atoms with Crippen molar-refractivity contribution >= 4 is 16.7 Å². The number of ketones is 1. The van der Waals surface area contributed by atoms with E-state index >= 15 is 0 Å². The van der Waals surface area contributed by atoms with E-state index in [0.29, 0.717) is 18.7 Å². The number of hydrogen-bond acceptors (Lipinski definition) is 4. The number of hydrogen-bond donors (Lipinski definition) is 3. The maximum atomic E-state index is 13.1. The second-order valence-electron chi connectivity index (χ2n) is 10.9. The number of aliphatic hydroxyl groups excluding tert-OH is 1. The number of fused-ring (bicyclic) bond motifs is 1. The van der Waals surface area contributed by atoms with Gasteiger partial charge < -0.3 is 20.1 Å².